The lowest BCUT2D eigenvalue weighted by Gasteiger charge is -2.08. The molecule has 78 valence electrons. The Hall–Kier alpha value is -0.820. The van der Waals surface area contributed by atoms with Gasteiger partial charge in [0.25, 0.3) is 0 Å². The van der Waals surface area contributed by atoms with Gasteiger partial charge in [-0.2, -0.15) is 0 Å². The molecule has 0 bridgehead atoms. The number of nitrogens with one attached hydrogen (secondary N) is 1. The summed E-state index contributed by atoms with van der Waals surface area (Å²) in [4.78, 5) is 0. The Morgan fingerprint density at radius 1 is 1.21 bits per heavy atom. The van der Waals surface area contributed by atoms with E-state index in [4.69, 9.17) is 0 Å². The van der Waals surface area contributed by atoms with E-state index in [9.17, 15) is 0 Å². The summed E-state index contributed by atoms with van der Waals surface area (Å²) in [5, 5.41) is 3.44. The first kappa shape index (κ1) is 11.3. The Labute approximate surface area is 87.5 Å². The minimum atomic E-state index is 0.604. The van der Waals surface area contributed by atoms with E-state index < -0.39 is 0 Å². The van der Waals surface area contributed by atoms with Crippen molar-refractivity contribution < 1.29 is 0 Å². The fraction of sp³-hybridized carbons (Fsp3) is 0.538. The van der Waals surface area contributed by atoms with Crippen molar-refractivity contribution >= 4 is 0 Å². The zero-order valence-corrected chi connectivity index (χ0v) is 9.51. The van der Waals surface area contributed by atoms with Crippen LogP contribution in [0, 0.1) is 6.92 Å². The zero-order valence-electron chi connectivity index (χ0n) is 9.51. The predicted molar refractivity (Wildman–Crippen MR) is 62.6 cm³/mol. The molecular formula is C13H21N. The molecule has 0 spiro atoms. The number of benzene rings is 1. The van der Waals surface area contributed by atoms with Gasteiger partial charge < -0.3 is 5.32 Å². The minimum absolute atomic E-state index is 0.604. The smallest absolute Gasteiger partial charge is 0.00103 e. The molecule has 0 fully saturated rings. The van der Waals surface area contributed by atoms with E-state index >= 15 is 0 Å². The Morgan fingerprint density at radius 3 is 2.57 bits per heavy atom. The van der Waals surface area contributed by atoms with Crippen LogP contribution in [0.4, 0.5) is 0 Å². The second-order valence-electron chi connectivity index (χ2n) is 4.14. The van der Waals surface area contributed by atoms with Gasteiger partial charge >= 0.3 is 0 Å². The van der Waals surface area contributed by atoms with E-state index in [1.807, 2.05) is 0 Å². The summed E-state index contributed by atoms with van der Waals surface area (Å²) in [6, 6.07) is 9.24. The van der Waals surface area contributed by atoms with Crippen LogP contribution in [-0.2, 0) is 6.42 Å². The van der Waals surface area contributed by atoms with Crippen LogP contribution in [0.3, 0.4) is 0 Å². The molecule has 0 radical (unpaired) electrons. The van der Waals surface area contributed by atoms with Gasteiger partial charge in [-0.1, -0.05) is 38.1 Å². The molecule has 1 aromatic rings. The Bertz CT molecular complexity index is 266. The molecule has 0 saturated carbocycles. The normalized spacial score (nSPS) is 10.9. The molecule has 0 aliphatic rings. The van der Waals surface area contributed by atoms with E-state index in [2.05, 4.69) is 50.4 Å². The third-order valence-corrected chi connectivity index (χ3v) is 2.44. The molecule has 1 aromatic carbocycles. The van der Waals surface area contributed by atoms with Crippen molar-refractivity contribution in [2.45, 2.75) is 39.7 Å². The molecule has 1 nitrogen and oxygen atoms in total. The van der Waals surface area contributed by atoms with E-state index in [0.717, 1.165) is 6.54 Å². The molecule has 0 aliphatic carbocycles. The largest absolute Gasteiger partial charge is 0.315 e. The summed E-state index contributed by atoms with van der Waals surface area (Å²) >= 11 is 0. The lowest BCUT2D eigenvalue weighted by Crippen LogP contribution is -2.23. The predicted octanol–water partition coefficient (Wildman–Crippen LogP) is 2.93. The van der Waals surface area contributed by atoms with Crippen LogP contribution in [0.25, 0.3) is 0 Å². The summed E-state index contributed by atoms with van der Waals surface area (Å²) < 4.78 is 0. The monoisotopic (exact) mass is 191 g/mol. The molecule has 1 rings (SSSR count). The standard InChI is InChI=1S/C13H21N/c1-11(2)14-10-6-9-13-8-5-4-7-12(13)3/h4-5,7-8,11,14H,6,9-10H2,1-3H3. The maximum Gasteiger partial charge on any atom is 0.00103 e. The Kier molecular flexibility index (Phi) is 4.68. The van der Waals surface area contributed by atoms with Gasteiger partial charge in [0, 0.05) is 6.04 Å². The molecule has 1 heteroatoms. The highest BCUT2D eigenvalue weighted by atomic mass is 14.9. The van der Waals surface area contributed by atoms with Crippen LogP contribution in [0.2, 0.25) is 0 Å². The lowest BCUT2D eigenvalue weighted by molar-refractivity contribution is 0.570. The summed E-state index contributed by atoms with van der Waals surface area (Å²) in [6.07, 6.45) is 2.41. The van der Waals surface area contributed by atoms with Gasteiger partial charge in [0.1, 0.15) is 0 Å². The molecule has 14 heavy (non-hydrogen) atoms. The van der Waals surface area contributed by atoms with Gasteiger partial charge in [-0.25, -0.2) is 0 Å². The van der Waals surface area contributed by atoms with Crippen molar-refractivity contribution in [2.24, 2.45) is 0 Å². The van der Waals surface area contributed by atoms with Crippen molar-refractivity contribution in [1.82, 2.24) is 5.32 Å². The van der Waals surface area contributed by atoms with Crippen LogP contribution >= 0.6 is 0 Å². The van der Waals surface area contributed by atoms with Gasteiger partial charge in [-0.05, 0) is 37.4 Å². The fourth-order valence-electron chi connectivity index (χ4n) is 1.56. The highest BCUT2D eigenvalue weighted by molar-refractivity contribution is 5.25. The first-order chi connectivity index (χ1) is 6.70. The van der Waals surface area contributed by atoms with Gasteiger partial charge in [0.2, 0.25) is 0 Å². The average molecular weight is 191 g/mol. The molecule has 0 heterocycles. The van der Waals surface area contributed by atoms with Crippen molar-refractivity contribution in [3.05, 3.63) is 35.4 Å². The molecule has 1 N–H and O–H groups in total. The second kappa shape index (κ2) is 5.82. The van der Waals surface area contributed by atoms with E-state index in [-0.39, 0.29) is 0 Å². The van der Waals surface area contributed by atoms with Crippen molar-refractivity contribution in [3.8, 4) is 0 Å². The van der Waals surface area contributed by atoms with Crippen LogP contribution in [0.1, 0.15) is 31.4 Å². The Morgan fingerprint density at radius 2 is 1.93 bits per heavy atom. The van der Waals surface area contributed by atoms with Gasteiger partial charge in [0.05, 0.1) is 0 Å². The first-order valence-corrected chi connectivity index (χ1v) is 5.48. The molecule has 0 atom stereocenters. The topological polar surface area (TPSA) is 12.0 Å². The Balaban J connectivity index is 2.28. The second-order valence-corrected chi connectivity index (χ2v) is 4.14. The van der Waals surface area contributed by atoms with Crippen LogP contribution < -0.4 is 5.32 Å². The van der Waals surface area contributed by atoms with Crippen molar-refractivity contribution in [3.63, 3.8) is 0 Å². The van der Waals surface area contributed by atoms with Gasteiger partial charge in [-0.3, -0.25) is 0 Å². The number of rotatable bonds is 5. The number of hydrogen-bond donors (Lipinski definition) is 1. The van der Waals surface area contributed by atoms with Crippen LogP contribution in [0.5, 0.6) is 0 Å². The van der Waals surface area contributed by atoms with E-state index in [1.54, 1.807) is 0 Å². The molecule has 0 aliphatic heterocycles. The third kappa shape index (κ3) is 3.93. The summed E-state index contributed by atoms with van der Waals surface area (Å²) in [6.45, 7) is 7.68. The number of hydrogen-bond acceptors (Lipinski definition) is 1. The molecular weight excluding hydrogens is 170 g/mol. The molecule has 0 amide bonds. The quantitative estimate of drug-likeness (QED) is 0.706. The van der Waals surface area contributed by atoms with Gasteiger partial charge in [0.15, 0.2) is 0 Å². The highest BCUT2D eigenvalue weighted by Crippen LogP contribution is 2.08. The summed E-state index contributed by atoms with van der Waals surface area (Å²) in [5.74, 6) is 0. The molecule has 0 unspecified atom stereocenters. The highest BCUT2D eigenvalue weighted by Gasteiger charge is 1.97. The molecule has 0 aromatic heterocycles. The average Bonchev–Trinajstić information content (AvgIpc) is 2.15. The SMILES string of the molecule is Cc1ccccc1CCCNC(C)C. The van der Waals surface area contributed by atoms with E-state index in [1.165, 1.54) is 24.0 Å². The summed E-state index contributed by atoms with van der Waals surface area (Å²) in [5.41, 5.74) is 2.90. The van der Waals surface area contributed by atoms with Gasteiger partial charge in [-0.15, -0.1) is 0 Å². The molecule has 0 saturated heterocycles. The summed E-state index contributed by atoms with van der Waals surface area (Å²) in [7, 11) is 0. The maximum absolute atomic E-state index is 3.44. The maximum atomic E-state index is 3.44. The van der Waals surface area contributed by atoms with Crippen LogP contribution in [0.15, 0.2) is 24.3 Å². The van der Waals surface area contributed by atoms with Crippen molar-refractivity contribution in [1.29, 1.82) is 0 Å². The fourth-order valence-corrected chi connectivity index (χ4v) is 1.56. The third-order valence-electron chi connectivity index (χ3n) is 2.44. The zero-order chi connectivity index (χ0) is 10.4. The number of aryl methyl sites for hydroxylation is 2. The van der Waals surface area contributed by atoms with E-state index in [0.29, 0.717) is 6.04 Å². The van der Waals surface area contributed by atoms with Crippen molar-refractivity contribution in [2.75, 3.05) is 6.54 Å². The van der Waals surface area contributed by atoms with Crippen LogP contribution in [-0.4, -0.2) is 12.6 Å². The lowest BCUT2D eigenvalue weighted by atomic mass is 10.0. The first-order valence-electron chi connectivity index (χ1n) is 5.48. The minimum Gasteiger partial charge on any atom is -0.315 e.